The molecule has 3 heterocycles. The van der Waals surface area contributed by atoms with Gasteiger partial charge in [0.15, 0.2) is 5.65 Å². The largest absolute Gasteiger partial charge is 0.381 e. The van der Waals surface area contributed by atoms with Crippen LogP contribution < -0.4 is 10.9 Å². The van der Waals surface area contributed by atoms with Gasteiger partial charge in [-0.25, -0.2) is 4.68 Å². The van der Waals surface area contributed by atoms with Crippen molar-refractivity contribution >= 4 is 28.6 Å². The SMILES string of the molecule is CC(C)(C)n1ncc2c(=O)[nH]c(NCC3(c4ccc(Cl)cc4)CCOCC3)nc21. The molecule has 0 bridgehead atoms. The molecule has 7 nitrogen and oxygen atoms in total. The second-order valence-corrected chi connectivity index (χ2v) is 9.07. The van der Waals surface area contributed by atoms with Crippen molar-refractivity contribution in [3.63, 3.8) is 0 Å². The Hall–Kier alpha value is -2.38. The number of fused-ring (bicyclic) bond motifs is 1. The van der Waals surface area contributed by atoms with Gasteiger partial charge in [-0.15, -0.1) is 0 Å². The minimum absolute atomic E-state index is 0.110. The lowest BCUT2D eigenvalue weighted by atomic mass is 9.74. The van der Waals surface area contributed by atoms with E-state index < -0.39 is 0 Å². The van der Waals surface area contributed by atoms with Crippen molar-refractivity contribution in [3.05, 3.63) is 51.4 Å². The third-order valence-electron chi connectivity index (χ3n) is 5.57. The van der Waals surface area contributed by atoms with Gasteiger partial charge in [-0.2, -0.15) is 10.1 Å². The normalized spacial score (nSPS) is 16.8. The molecule has 2 aromatic heterocycles. The third-order valence-corrected chi connectivity index (χ3v) is 5.83. The number of nitrogens with zero attached hydrogens (tertiary/aromatic N) is 3. The van der Waals surface area contributed by atoms with Crippen LogP contribution in [0.4, 0.5) is 5.95 Å². The summed E-state index contributed by atoms with van der Waals surface area (Å²) in [6, 6.07) is 7.98. The van der Waals surface area contributed by atoms with E-state index >= 15 is 0 Å². The van der Waals surface area contributed by atoms with Crippen molar-refractivity contribution in [1.82, 2.24) is 19.7 Å². The maximum atomic E-state index is 12.6. The number of aromatic nitrogens is 4. The molecule has 154 valence electrons. The van der Waals surface area contributed by atoms with Crippen molar-refractivity contribution < 1.29 is 4.74 Å². The number of hydrogen-bond donors (Lipinski definition) is 2. The maximum absolute atomic E-state index is 12.6. The number of H-pyrrole nitrogens is 1. The first-order valence-corrected chi connectivity index (χ1v) is 10.2. The molecule has 29 heavy (non-hydrogen) atoms. The Labute approximate surface area is 174 Å². The second-order valence-electron chi connectivity index (χ2n) is 8.63. The monoisotopic (exact) mass is 415 g/mol. The lowest BCUT2D eigenvalue weighted by Crippen LogP contribution is -2.40. The summed E-state index contributed by atoms with van der Waals surface area (Å²) in [5, 5.41) is 8.95. The summed E-state index contributed by atoms with van der Waals surface area (Å²) >= 11 is 6.08. The van der Waals surface area contributed by atoms with Gasteiger partial charge in [0.05, 0.1) is 11.7 Å². The van der Waals surface area contributed by atoms with E-state index in [4.69, 9.17) is 16.3 Å². The lowest BCUT2D eigenvalue weighted by Gasteiger charge is -2.38. The Balaban J connectivity index is 1.66. The number of halogens is 1. The molecule has 0 atom stereocenters. The molecule has 0 amide bonds. The van der Waals surface area contributed by atoms with Gasteiger partial charge in [-0.3, -0.25) is 9.78 Å². The van der Waals surface area contributed by atoms with Crippen LogP contribution in [0.25, 0.3) is 11.0 Å². The summed E-state index contributed by atoms with van der Waals surface area (Å²) in [4.78, 5) is 20.1. The Bertz CT molecular complexity index is 1060. The Morgan fingerprint density at radius 1 is 1.24 bits per heavy atom. The maximum Gasteiger partial charge on any atom is 0.263 e. The van der Waals surface area contributed by atoms with Crippen LogP contribution in [0.5, 0.6) is 0 Å². The zero-order chi connectivity index (χ0) is 20.6. The average molecular weight is 416 g/mol. The zero-order valence-corrected chi connectivity index (χ0v) is 17.7. The second kappa shape index (κ2) is 7.46. The molecule has 0 radical (unpaired) electrons. The highest BCUT2D eigenvalue weighted by Gasteiger charge is 2.34. The molecule has 0 saturated carbocycles. The molecule has 1 saturated heterocycles. The molecule has 0 unspecified atom stereocenters. The zero-order valence-electron chi connectivity index (χ0n) is 17.0. The highest BCUT2D eigenvalue weighted by Crippen LogP contribution is 2.35. The van der Waals surface area contributed by atoms with E-state index in [0.717, 1.165) is 17.9 Å². The number of aromatic amines is 1. The van der Waals surface area contributed by atoms with Crippen molar-refractivity contribution in [3.8, 4) is 0 Å². The van der Waals surface area contributed by atoms with Gasteiger partial charge in [-0.05, 0) is 51.3 Å². The fraction of sp³-hybridized carbons (Fsp3) is 0.476. The molecule has 0 spiro atoms. The van der Waals surface area contributed by atoms with Crippen LogP contribution in [0.2, 0.25) is 5.02 Å². The predicted molar refractivity (Wildman–Crippen MR) is 115 cm³/mol. The Kier molecular flexibility index (Phi) is 5.12. The molecule has 1 aliphatic heterocycles. The summed E-state index contributed by atoms with van der Waals surface area (Å²) in [6.07, 6.45) is 3.34. The van der Waals surface area contributed by atoms with E-state index in [0.29, 0.717) is 36.7 Å². The molecule has 0 aliphatic carbocycles. The summed E-state index contributed by atoms with van der Waals surface area (Å²) in [5.41, 5.74) is 1.21. The summed E-state index contributed by atoms with van der Waals surface area (Å²) < 4.78 is 7.39. The average Bonchev–Trinajstić information content (AvgIpc) is 3.13. The van der Waals surface area contributed by atoms with E-state index in [9.17, 15) is 4.79 Å². The minimum Gasteiger partial charge on any atom is -0.381 e. The van der Waals surface area contributed by atoms with E-state index in [1.807, 2.05) is 32.9 Å². The number of rotatable bonds is 4. The molecule has 3 aromatic rings. The smallest absolute Gasteiger partial charge is 0.263 e. The molecule has 4 rings (SSSR count). The van der Waals surface area contributed by atoms with Gasteiger partial charge < -0.3 is 10.1 Å². The first-order valence-electron chi connectivity index (χ1n) is 9.85. The number of nitrogens with one attached hydrogen (secondary N) is 2. The molecule has 1 fully saturated rings. The predicted octanol–water partition coefficient (Wildman–Crippen LogP) is 3.69. The van der Waals surface area contributed by atoms with Crippen LogP contribution in [0.15, 0.2) is 35.3 Å². The van der Waals surface area contributed by atoms with Crippen LogP contribution in [0.1, 0.15) is 39.2 Å². The molecule has 8 heteroatoms. The van der Waals surface area contributed by atoms with Gasteiger partial charge >= 0.3 is 0 Å². The van der Waals surface area contributed by atoms with E-state index in [-0.39, 0.29) is 16.5 Å². The first kappa shape index (κ1) is 19.9. The van der Waals surface area contributed by atoms with Crippen molar-refractivity contribution in [2.75, 3.05) is 25.1 Å². The van der Waals surface area contributed by atoms with Crippen LogP contribution in [0.3, 0.4) is 0 Å². The first-order chi connectivity index (χ1) is 13.8. The highest BCUT2D eigenvalue weighted by molar-refractivity contribution is 6.30. The van der Waals surface area contributed by atoms with Gasteiger partial charge in [0.25, 0.3) is 5.56 Å². The van der Waals surface area contributed by atoms with Crippen molar-refractivity contribution in [2.45, 2.75) is 44.6 Å². The Morgan fingerprint density at radius 3 is 2.59 bits per heavy atom. The Morgan fingerprint density at radius 2 is 1.93 bits per heavy atom. The lowest BCUT2D eigenvalue weighted by molar-refractivity contribution is 0.0543. The van der Waals surface area contributed by atoms with Gasteiger partial charge in [0.1, 0.15) is 5.39 Å². The van der Waals surface area contributed by atoms with Crippen molar-refractivity contribution in [2.24, 2.45) is 0 Å². The fourth-order valence-corrected chi connectivity index (χ4v) is 4.01. The molecular weight excluding hydrogens is 390 g/mol. The standard InChI is InChI=1S/C21H26ClN5O2/c1-20(2,3)27-17-16(12-24-27)18(28)26-19(25-17)23-13-21(8-10-29-11-9-21)14-4-6-15(22)7-5-14/h4-7,12H,8-11,13H2,1-3H3,(H2,23,25,26,28). The highest BCUT2D eigenvalue weighted by atomic mass is 35.5. The van der Waals surface area contributed by atoms with Crippen LogP contribution in [-0.2, 0) is 15.7 Å². The topological polar surface area (TPSA) is 84.8 Å². The summed E-state index contributed by atoms with van der Waals surface area (Å²) in [7, 11) is 0. The van der Waals surface area contributed by atoms with E-state index in [1.54, 1.807) is 10.9 Å². The number of benzene rings is 1. The van der Waals surface area contributed by atoms with E-state index in [1.165, 1.54) is 5.56 Å². The molecular formula is C21H26ClN5O2. The number of anilines is 1. The van der Waals surface area contributed by atoms with Crippen molar-refractivity contribution in [1.29, 1.82) is 0 Å². The quantitative estimate of drug-likeness (QED) is 0.678. The fourth-order valence-electron chi connectivity index (χ4n) is 3.88. The van der Waals surface area contributed by atoms with Gasteiger partial charge in [0.2, 0.25) is 5.95 Å². The summed E-state index contributed by atoms with van der Waals surface area (Å²) in [5.74, 6) is 0.452. The third kappa shape index (κ3) is 3.89. The minimum atomic E-state index is -0.273. The van der Waals surface area contributed by atoms with Crippen LogP contribution in [0, 0.1) is 0 Å². The summed E-state index contributed by atoms with van der Waals surface area (Å²) in [6.45, 7) is 8.14. The van der Waals surface area contributed by atoms with Crippen LogP contribution >= 0.6 is 11.6 Å². The van der Waals surface area contributed by atoms with Crippen LogP contribution in [-0.4, -0.2) is 39.5 Å². The number of ether oxygens (including phenoxy) is 1. The van der Waals surface area contributed by atoms with Gasteiger partial charge in [0, 0.05) is 30.2 Å². The van der Waals surface area contributed by atoms with E-state index in [2.05, 4.69) is 32.5 Å². The molecule has 1 aromatic carbocycles. The van der Waals surface area contributed by atoms with Gasteiger partial charge in [-0.1, -0.05) is 23.7 Å². The number of hydrogen-bond acceptors (Lipinski definition) is 5. The molecule has 1 aliphatic rings. The molecule has 2 N–H and O–H groups in total.